The van der Waals surface area contributed by atoms with E-state index in [1.54, 1.807) is 6.92 Å². The van der Waals surface area contributed by atoms with Crippen LogP contribution in [0.5, 0.6) is 0 Å². The van der Waals surface area contributed by atoms with E-state index in [1.807, 2.05) is 0 Å². The van der Waals surface area contributed by atoms with Gasteiger partial charge in [0.2, 0.25) is 10.0 Å². The number of nitro groups is 1. The van der Waals surface area contributed by atoms with Crippen LogP contribution in [0.4, 0.5) is 5.69 Å². The Kier molecular flexibility index (Phi) is 5.40. The van der Waals surface area contributed by atoms with Gasteiger partial charge in [0.1, 0.15) is 0 Å². The van der Waals surface area contributed by atoms with Crippen molar-refractivity contribution in [1.82, 2.24) is 4.72 Å². The number of aliphatic hydroxyl groups is 1. The Labute approximate surface area is 111 Å². The van der Waals surface area contributed by atoms with Crippen molar-refractivity contribution in [2.24, 2.45) is 0 Å². The quantitative estimate of drug-likeness (QED) is 0.441. The number of nitrogens with one attached hydrogen (secondary N) is 1. The third kappa shape index (κ3) is 4.27. The van der Waals surface area contributed by atoms with Gasteiger partial charge in [0.25, 0.3) is 5.69 Å². The van der Waals surface area contributed by atoms with E-state index in [4.69, 9.17) is 5.11 Å². The van der Waals surface area contributed by atoms with Crippen LogP contribution >= 0.6 is 0 Å². The minimum atomic E-state index is -3.75. The zero-order chi connectivity index (χ0) is 14.5. The van der Waals surface area contributed by atoms with Crippen molar-refractivity contribution in [2.75, 3.05) is 13.2 Å². The summed E-state index contributed by atoms with van der Waals surface area (Å²) in [6.07, 6.45) is 1.00. The third-order valence-corrected chi connectivity index (χ3v) is 4.02. The highest BCUT2D eigenvalue weighted by Crippen LogP contribution is 2.21. The fraction of sp³-hybridized carbons (Fsp3) is 0.455. The third-order valence-electron chi connectivity index (χ3n) is 2.56. The maximum Gasteiger partial charge on any atom is 0.273 e. The van der Waals surface area contributed by atoms with Crippen molar-refractivity contribution in [3.05, 3.63) is 33.9 Å². The molecule has 1 rings (SSSR count). The van der Waals surface area contributed by atoms with Gasteiger partial charge in [-0.2, -0.15) is 0 Å². The molecule has 1 aromatic carbocycles. The molecule has 106 valence electrons. The van der Waals surface area contributed by atoms with Crippen molar-refractivity contribution in [2.45, 2.75) is 24.7 Å². The van der Waals surface area contributed by atoms with Gasteiger partial charge in [-0.15, -0.1) is 0 Å². The molecule has 0 atom stereocenters. The van der Waals surface area contributed by atoms with Crippen molar-refractivity contribution < 1.29 is 18.4 Å². The normalized spacial score (nSPS) is 11.5. The molecule has 0 aromatic heterocycles. The molecule has 1 aromatic rings. The average molecular weight is 288 g/mol. The van der Waals surface area contributed by atoms with Crippen LogP contribution in [0.2, 0.25) is 0 Å². The zero-order valence-corrected chi connectivity index (χ0v) is 11.3. The second-order valence-corrected chi connectivity index (χ2v) is 5.80. The van der Waals surface area contributed by atoms with E-state index < -0.39 is 14.9 Å². The number of nitrogens with zero attached hydrogens (tertiary/aromatic N) is 1. The van der Waals surface area contributed by atoms with Gasteiger partial charge in [0.05, 0.1) is 9.82 Å². The van der Waals surface area contributed by atoms with Gasteiger partial charge < -0.3 is 5.11 Å². The van der Waals surface area contributed by atoms with Gasteiger partial charge in [0, 0.05) is 24.8 Å². The highest BCUT2D eigenvalue weighted by Gasteiger charge is 2.19. The van der Waals surface area contributed by atoms with Crippen molar-refractivity contribution in [3.8, 4) is 0 Å². The largest absolute Gasteiger partial charge is 0.396 e. The number of rotatable bonds is 7. The molecule has 0 aliphatic carbocycles. The van der Waals surface area contributed by atoms with Crippen LogP contribution in [0.1, 0.15) is 18.4 Å². The first-order chi connectivity index (χ1) is 8.88. The average Bonchev–Trinajstić information content (AvgIpc) is 2.34. The first-order valence-electron chi connectivity index (χ1n) is 5.74. The van der Waals surface area contributed by atoms with Gasteiger partial charge in [-0.3, -0.25) is 10.1 Å². The topological polar surface area (TPSA) is 110 Å². The molecular formula is C11H16N2O5S. The summed E-state index contributed by atoms with van der Waals surface area (Å²) in [6, 6.07) is 3.78. The zero-order valence-electron chi connectivity index (χ0n) is 10.5. The molecule has 0 aliphatic rings. The highest BCUT2D eigenvalue weighted by atomic mass is 32.2. The molecule has 0 radical (unpaired) electrons. The number of aryl methyl sites for hydroxylation is 1. The molecule has 19 heavy (non-hydrogen) atoms. The summed E-state index contributed by atoms with van der Waals surface area (Å²) in [4.78, 5) is 10.0. The molecular weight excluding hydrogens is 272 g/mol. The lowest BCUT2D eigenvalue weighted by Crippen LogP contribution is -2.25. The minimum absolute atomic E-state index is 0.00225. The maximum atomic E-state index is 11.9. The predicted molar refractivity (Wildman–Crippen MR) is 69.3 cm³/mol. The Bertz CT molecular complexity index is 556. The van der Waals surface area contributed by atoms with Crippen molar-refractivity contribution in [3.63, 3.8) is 0 Å². The molecule has 0 heterocycles. The summed E-state index contributed by atoms with van der Waals surface area (Å²) in [5.74, 6) is 0. The predicted octanol–water partition coefficient (Wildman–Crippen LogP) is 0.954. The molecule has 7 nitrogen and oxygen atoms in total. The molecule has 0 aliphatic heterocycles. The molecule has 0 unspecified atom stereocenters. The number of hydrogen-bond donors (Lipinski definition) is 2. The number of aliphatic hydroxyl groups excluding tert-OH is 1. The molecule has 0 fully saturated rings. The van der Waals surface area contributed by atoms with Crippen LogP contribution in [0.15, 0.2) is 23.1 Å². The lowest BCUT2D eigenvalue weighted by Gasteiger charge is -2.07. The van der Waals surface area contributed by atoms with E-state index in [-0.39, 0.29) is 23.7 Å². The van der Waals surface area contributed by atoms with Gasteiger partial charge in [-0.1, -0.05) is 6.07 Å². The monoisotopic (exact) mass is 288 g/mol. The second kappa shape index (κ2) is 6.60. The Balaban J connectivity index is 2.89. The molecule has 0 amide bonds. The van der Waals surface area contributed by atoms with E-state index in [2.05, 4.69) is 4.72 Å². The first-order valence-corrected chi connectivity index (χ1v) is 7.22. The fourth-order valence-corrected chi connectivity index (χ4v) is 2.57. The standard InChI is InChI=1S/C11H16N2O5S/c1-9-4-5-10(8-11(9)13(15)16)19(17,18)12-6-2-3-7-14/h4-5,8,12,14H,2-3,6-7H2,1H3. The van der Waals surface area contributed by atoms with Crippen LogP contribution < -0.4 is 4.72 Å². The van der Waals surface area contributed by atoms with Gasteiger partial charge in [0.15, 0.2) is 0 Å². The molecule has 8 heteroatoms. The lowest BCUT2D eigenvalue weighted by molar-refractivity contribution is -0.385. The number of hydrogen-bond acceptors (Lipinski definition) is 5. The van der Waals surface area contributed by atoms with Gasteiger partial charge in [-0.05, 0) is 25.8 Å². The number of unbranched alkanes of at least 4 members (excludes halogenated alkanes) is 1. The highest BCUT2D eigenvalue weighted by molar-refractivity contribution is 7.89. The molecule has 0 saturated carbocycles. The second-order valence-electron chi connectivity index (χ2n) is 4.03. The Morgan fingerprint density at radius 2 is 2.05 bits per heavy atom. The summed E-state index contributed by atoms with van der Waals surface area (Å²) >= 11 is 0. The molecule has 0 spiro atoms. The van der Waals surface area contributed by atoms with Crippen molar-refractivity contribution >= 4 is 15.7 Å². The number of nitro benzene ring substituents is 1. The van der Waals surface area contributed by atoms with E-state index in [9.17, 15) is 18.5 Å². The maximum absolute atomic E-state index is 11.9. The summed E-state index contributed by atoms with van der Waals surface area (Å²) in [6.45, 7) is 1.73. The van der Waals surface area contributed by atoms with Crippen LogP contribution in [0.3, 0.4) is 0 Å². The smallest absolute Gasteiger partial charge is 0.273 e. The summed E-state index contributed by atoms with van der Waals surface area (Å²) in [7, 11) is -3.75. The Morgan fingerprint density at radius 1 is 1.37 bits per heavy atom. The summed E-state index contributed by atoms with van der Waals surface area (Å²) < 4.78 is 26.1. The number of sulfonamides is 1. The van der Waals surface area contributed by atoms with Gasteiger partial charge >= 0.3 is 0 Å². The lowest BCUT2D eigenvalue weighted by atomic mass is 10.2. The van der Waals surface area contributed by atoms with Crippen LogP contribution in [-0.4, -0.2) is 31.6 Å². The van der Waals surface area contributed by atoms with E-state index in [0.717, 1.165) is 6.07 Å². The van der Waals surface area contributed by atoms with Crippen LogP contribution in [-0.2, 0) is 10.0 Å². The Hall–Kier alpha value is -1.51. The fourth-order valence-electron chi connectivity index (χ4n) is 1.48. The van der Waals surface area contributed by atoms with Gasteiger partial charge in [-0.25, -0.2) is 13.1 Å². The summed E-state index contributed by atoms with van der Waals surface area (Å²) in [5.41, 5.74) is 0.183. The number of benzene rings is 1. The first kappa shape index (κ1) is 15.5. The molecule has 2 N–H and O–H groups in total. The molecule has 0 bridgehead atoms. The SMILES string of the molecule is Cc1ccc(S(=O)(=O)NCCCCO)cc1[N+](=O)[O-]. The van der Waals surface area contributed by atoms with Crippen molar-refractivity contribution in [1.29, 1.82) is 0 Å². The van der Waals surface area contributed by atoms with E-state index in [0.29, 0.717) is 18.4 Å². The molecule has 0 saturated heterocycles. The Morgan fingerprint density at radius 3 is 2.63 bits per heavy atom. The van der Waals surface area contributed by atoms with Crippen LogP contribution in [0, 0.1) is 17.0 Å². The summed E-state index contributed by atoms with van der Waals surface area (Å²) in [5, 5.41) is 19.4. The minimum Gasteiger partial charge on any atom is -0.396 e. The van der Waals surface area contributed by atoms with E-state index in [1.165, 1.54) is 12.1 Å². The van der Waals surface area contributed by atoms with Crippen LogP contribution in [0.25, 0.3) is 0 Å². The van der Waals surface area contributed by atoms with E-state index >= 15 is 0 Å².